The topological polar surface area (TPSA) is 112 Å². The Kier molecular flexibility index (Phi) is 7.54. The highest BCUT2D eigenvalue weighted by Crippen LogP contribution is 2.34. The van der Waals surface area contributed by atoms with Crippen LogP contribution in [0.1, 0.15) is 28.8 Å². The number of anilines is 1. The van der Waals surface area contributed by atoms with Gasteiger partial charge in [-0.2, -0.15) is 0 Å². The van der Waals surface area contributed by atoms with Crippen LogP contribution in [0.5, 0.6) is 17.2 Å². The van der Waals surface area contributed by atoms with Crippen LogP contribution in [0, 0.1) is 5.92 Å². The van der Waals surface area contributed by atoms with E-state index in [1.807, 2.05) is 0 Å². The summed E-state index contributed by atoms with van der Waals surface area (Å²) in [5.41, 5.74) is 1.43. The summed E-state index contributed by atoms with van der Waals surface area (Å²) in [6, 6.07) is 9.78. The molecule has 170 valence electrons. The molecule has 0 aliphatic heterocycles. The summed E-state index contributed by atoms with van der Waals surface area (Å²) in [6.45, 7) is -0.310. The van der Waals surface area contributed by atoms with Gasteiger partial charge >= 0.3 is 5.97 Å². The maximum absolute atomic E-state index is 12.3. The lowest BCUT2D eigenvalue weighted by molar-refractivity contribution is -0.124. The van der Waals surface area contributed by atoms with Gasteiger partial charge in [0.2, 0.25) is 5.91 Å². The Labute approximate surface area is 186 Å². The molecule has 9 heteroatoms. The molecule has 3 rings (SSSR count). The minimum Gasteiger partial charge on any atom is -0.496 e. The number of hydrogen-bond acceptors (Lipinski definition) is 7. The van der Waals surface area contributed by atoms with Gasteiger partial charge in [-0.05, 0) is 37.1 Å². The molecule has 0 atom stereocenters. The van der Waals surface area contributed by atoms with Crippen LogP contribution in [-0.4, -0.2) is 45.7 Å². The van der Waals surface area contributed by atoms with E-state index < -0.39 is 18.5 Å². The van der Waals surface area contributed by atoms with Crippen molar-refractivity contribution in [3.05, 3.63) is 47.5 Å². The third-order valence-corrected chi connectivity index (χ3v) is 4.91. The van der Waals surface area contributed by atoms with E-state index in [1.165, 1.54) is 27.4 Å². The lowest BCUT2D eigenvalue weighted by atomic mass is 10.1. The van der Waals surface area contributed by atoms with Crippen LogP contribution in [0.4, 0.5) is 5.69 Å². The van der Waals surface area contributed by atoms with Gasteiger partial charge in [0.25, 0.3) is 5.91 Å². The second-order valence-corrected chi connectivity index (χ2v) is 7.22. The quantitative estimate of drug-likeness (QED) is 0.544. The molecule has 1 aliphatic carbocycles. The first kappa shape index (κ1) is 22.9. The van der Waals surface area contributed by atoms with E-state index in [0.29, 0.717) is 28.5 Å². The Hall–Kier alpha value is -3.75. The van der Waals surface area contributed by atoms with Gasteiger partial charge in [-0.3, -0.25) is 9.59 Å². The first-order valence-electron chi connectivity index (χ1n) is 10.1. The maximum atomic E-state index is 12.3. The van der Waals surface area contributed by atoms with Crippen molar-refractivity contribution < 1.29 is 33.3 Å². The van der Waals surface area contributed by atoms with Gasteiger partial charge in [-0.25, -0.2) is 4.79 Å². The molecule has 2 aromatic rings. The van der Waals surface area contributed by atoms with Gasteiger partial charge < -0.3 is 29.6 Å². The predicted octanol–water partition coefficient (Wildman–Crippen LogP) is 2.53. The summed E-state index contributed by atoms with van der Waals surface area (Å²) in [5.74, 6) is 0.380. The van der Waals surface area contributed by atoms with Crippen LogP contribution in [0.25, 0.3) is 0 Å². The first-order chi connectivity index (χ1) is 15.4. The molecule has 0 radical (unpaired) electrons. The molecule has 9 nitrogen and oxygen atoms in total. The van der Waals surface area contributed by atoms with E-state index in [4.69, 9.17) is 18.9 Å². The van der Waals surface area contributed by atoms with E-state index >= 15 is 0 Å². The van der Waals surface area contributed by atoms with Crippen molar-refractivity contribution in [2.45, 2.75) is 19.4 Å². The number of benzene rings is 2. The third kappa shape index (κ3) is 5.90. The molecule has 0 aromatic heterocycles. The van der Waals surface area contributed by atoms with E-state index in [2.05, 4.69) is 10.6 Å². The number of carbonyl (C=O) groups is 3. The predicted molar refractivity (Wildman–Crippen MR) is 116 cm³/mol. The van der Waals surface area contributed by atoms with E-state index in [9.17, 15) is 14.4 Å². The zero-order valence-corrected chi connectivity index (χ0v) is 18.2. The third-order valence-electron chi connectivity index (χ3n) is 4.91. The molecule has 32 heavy (non-hydrogen) atoms. The zero-order chi connectivity index (χ0) is 23.1. The molecular weight excluding hydrogens is 416 g/mol. The summed E-state index contributed by atoms with van der Waals surface area (Å²) >= 11 is 0. The summed E-state index contributed by atoms with van der Waals surface area (Å²) < 4.78 is 20.9. The molecule has 0 heterocycles. The molecule has 0 bridgehead atoms. The van der Waals surface area contributed by atoms with Crippen LogP contribution in [0.2, 0.25) is 0 Å². The van der Waals surface area contributed by atoms with Gasteiger partial charge in [0.15, 0.2) is 18.1 Å². The van der Waals surface area contributed by atoms with Crippen LogP contribution in [-0.2, 0) is 20.9 Å². The molecule has 2 N–H and O–H groups in total. The van der Waals surface area contributed by atoms with Crippen LogP contribution in [0.3, 0.4) is 0 Å². The summed E-state index contributed by atoms with van der Waals surface area (Å²) in [6.07, 6.45) is 1.77. The summed E-state index contributed by atoms with van der Waals surface area (Å²) in [5, 5.41) is 5.45. The summed E-state index contributed by atoms with van der Waals surface area (Å²) in [7, 11) is 4.54. The standard InChI is InChI=1S/C23H26N2O7/c1-29-18-11-20(31-3)19(30-2)10-16(18)12-24-21(26)13-32-23(28)15-5-4-6-17(9-15)25-22(27)14-7-8-14/h4-6,9-11,14H,7-8,12-13H2,1-3H3,(H,24,26)(H,25,27). The Morgan fingerprint density at radius 3 is 2.28 bits per heavy atom. The maximum Gasteiger partial charge on any atom is 0.338 e. The van der Waals surface area contributed by atoms with Crippen molar-refractivity contribution in [1.82, 2.24) is 5.32 Å². The Morgan fingerprint density at radius 2 is 1.62 bits per heavy atom. The lowest BCUT2D eigenvalue weighted by Crippen LogP contribution is -2.28. The number of nitrogens with one attached hydrogen (secondary N) is 2. The fourth-order valence-electron chi connectivity index (χ4n) is 3.00. The second-order valence-electron chi connectivity index (χ2n) is 7.22. The van der Waals surface area contributed by atoms with Crippen molar-refractivity contribution in [2.75, 3.05) is 33.3 Å². The molecule has 1 saturated carbocycles. The lowest BCUT2D eigenvalue weighted by Gasteiger charge is -2.14. The fraction of sp³-hybridized carbons (Fsp3) is 0.348. The van der Waals surface area contributed by atoms with Crippen LogP contribution >= 0.6 is 0 Å². The highest BCUT2D eigenvalue weighted by molar-refractivity contribution is 5.96. The number of carbonyl (C=O) groups excluding carboxylic acids is 3. The largest absolute Gasteiger partial charge is 0.496 e. The molecule has 2 aromatic carbocycles. The van der Waals surface area contributed by atoms with Gasteiger partial charge in [-0.15, -0.1) is 0 Å². The monoisotopic (exact) mass is 442 g/mol. The van der Waals surface area contributed by atoms with Crippen LogP contribution < -0.4 is 24.8 Å². The molecule has 2 amide bonds. The van der Waals surface area contributed by atoms with E-state index in [-0.39, 0.29) is 23.9 Å². The number of methoxy groups -OCH3 is 3. The Balaban J connectivity index is 1.53. The molecular formula is C23H26N2O7. The number of esters is 1. The first-order valence-corrected chi connectivity index (χ1v) is 10.1. The highest BCUT2D eigenvalue weighted by atomic mass is 16.5. The minimum atomic E-state index is -0.661. The smallest absolute Gasteiger partial charge is 0.338 e. The second kappa shape index (κ2) is 10.5. The molecule has 1 aliphatic rings. The normalized spacial score (nSPS) is 12.5. The van der Waals surface area contributed by atoms with Gasteiger partial charge in [0.05, 0.1) is 26.9 Å². The van der Waals surface area contributed by atoms with Gasteiger partial charge in [0, 0.05) is 29.8 Å². The molecule has 0 saturated heterocycles. The Morgan fingerprint density at radius 1 is 0.938 bits per heavy atom. The SMILES string of the molecule is COc1cc(OC)c(OC)cc1CNC(=O)COC(=O)c1cccc(NC(=O)C2CC2)c1. The van der Waals surface area contributed by atoms with E-state index in [0.717, 1.165) is 12.8 Å². The van der Waals surface area contributed by atoms with Gasteiger partial charge in [-0.1, -0.05) is 6.07 Å². The van der Waals surface area contributed by atoms with Crippen molar-refractivity contribution in [1.29, 1.82) is 0 Å². The van der Waals surface area contributed by atoms with Crippen molar-refractivity contribution in [3.63, 3.8) is 0 Å². The highest BCUT2D eigenvalue weighted by Gasteiger charge is 2.29. The van der Waals surface area contributed by atoms with Gasteiger partial charge in [0.1, 0.15) is 5.75 Å². The van der Waals surface area contributed by atoms with Crippen molar-refractivity contribution >= 4 is 23.5 Å². The number of amides is 2. The van der Waals surface area contributed by atoms with Crippen LogP contribution in [0.15, 0.2) is 36.4 Å². The number of ether oxygens (including phenoxy) is 4. The van der Waals surface area contributed by atoms with E-state index in [1.54, 1.807) is 30.3 Å². The molecule has 0 spiro atoms. The number of hydrogen-bond donors (Lipinski definition) is 2. The summed E-state index contributed by atoms with van der Waals surface area (Å²) in [4.78, 5) is 36.4. The zero-order valence-electron chi connectivity index (χ0n) is 18.2. The average Bonchev–Trinajstić information content (AvgIpc) is 3.66. The van der Waals surface area contributed by atoms with Crippen molar-refractivity contribution in [3.8, 4) is 17.2 Å². The average molecular weight is 442 g/mol. The Bertz CT molecular complexity index is 1000. The molecule has 1 fully saturated rings. The molecule has 0 unspecified atom stereocenters. The number of rotatable bonds is 10. The minimum absolute atomic E-state index is 0.0543. The van der Waals surface area contributed by atoms with Crippen molar-refractivity contribution in [2.24, 2.45) is 5.92 Å². The fourth-order valence-corrected chi connectivity index (χ4v) is 3.00.